The fraction of sp³-hybridized carbons (Fsp3) is 0.691. The molecule has 7 atom stereocenters. The number of likely N-dealkylation sites (N-methyl/N-ethyl adjacent to an activating group) is 1. The molecule has 0 bridgehead atoms. The number of aliphatic carboxylic acids is 1. The summed E-state index contributed by atoms with van der Waals surface area (Å²) in [5, 5.41) is 70.2. The molecule has 1 aromatic rings. The van der Waals surface area contributed by atoms with Gasteiger partial charge in [0.25, 0.3) is 0 Å². The zero-order valence-corrected chi connectivity index (χ0v) is 48.2. The van der Waals surface area contributed by atoms with Gasteiger partial charge in [-0.15, -0.1) is 0 Å². The van der Waals surface area contributed by atoms with Gasteiger partial charge in [-0.1, -0.05) is 114 Å². The van der Waals surface area contributed by atoms with E-state index in [1.165, 1.54) is 58.4 Å². The Morgan fingerprint density at radius 3 is 1.24 bits per heavy atom. The fourth-order valence-electron chi connectivity index (χ4n) is 8.72. The summed E-state index contributed by atoms with van der Waals surface area (Å²) >= 11 is 0. The predicted molar refractivity (Wildman–Crippen MR) is 310 cm³/mol. The SMILES string of the molecule is CCCCCCCCCCCCCCCC(=O)N[C@@H](Cc1ccccc1)C(=O)N[C@@H](CCCNC(=N)N)C(=O)N[C@@H](CO)C(=O)N[C@@H](CO)C(=O)N[C@@H](CCCNC(=N)N)C(=O)N[C@@H](CCC(=O)O)C(=O)N[C@@H](CCCCN)C(=O)NC. The molecule has 0 fully saturated rings. The lowest BCUT2D eigenvalue weighted by Gasteiger charge is -2.27. The topological polar surface area (TPSA) is 460 Å². The second-order valence-electron chi connectivity index (χ2n) is 20.3. The first-order valence-electron chi connectivity index (χ1n) is 29.0. The van der Waals surface area contributed by atoms with E-state index in [0.717, 1.165) is 31.2 Å². The molecule has 0 aliphatic heterocycles. The van der Waals surface area contributed by atoms with Crippen molar-refractivity contribution in [2.75, 3.05) is 39.9 Å². The second kappa shape index (κ2) is 44.5. The molecule has 82 heavy (non-hydrogen) atoms. The van der Waals surface area contributed by atoms with Crippen molar-refractivity contribution in [2.45, 2.75) is 203 Å². The first kappa shape index (κ1) is 72.9. The predicted octanol–water partition coefficient (Wildman–Crippen LogP) is -0.645. The molecule has 0 spiro atoms. The molecule has 0 unspecified atom stereocenters. The highest BCUT2D eigenvalue weighted by Gasteiger charge is 2.34. The summed E-state index contributed by atoms with van der Waals surface area (Å²) in [7, 11) is 1.36. The monoisotopic (exact) mass is 1160 g/mol. The summed E-state index contributed by atoms with van der Waals surface area (Å²) in [6.07, 6.45) is 15.1. The number of nitrogens with two attached hydrogens (primary N) is 3. The molecule has 27 heteroatoms. The van der Waals surface area contributed by atoms with E-state index in [9.17, 15) is 58.5 Å². The van der Waals surface area contributed by atoms with E-state index in [-0.39, 0.29) is 69.9 Å². The average molecular weight is 1160 g/mol. The molecule has 1 rings (SSSR count). The van der Waals surface area contributed by atoms with E-state index in [4.69, 9.17) is 28.0 Å². The number of aliphatic hydroxyl groups excluding tert-OH is 2. The molecule has 0 saturated heterocycles. The van der Waals surface area contributed by atoms with Crippen LogP contribution in [0.15, 0.2) is 30.3 Å². The Labute approximate surface area is 482 Å². The summed E-state index contributed by atoms with van der Waals surface area (Å²) in [5.74, 6) is -8.86. The Morgan fingerprint density at radius 2 is 0.841 bits per heavy atom. The highest BCUT2D eigenvalue weighted by Crippen LogP contribution is 2.14. The van der Waals surface area contributed by atoms with Crippen LogP contribution in [-0.2, 0) is 49.6 Å². The minimum absolute atomic E-state index is 0.0309. The van der Waals surface area contributed by atoms with Crippen LogP contribution >= 0.6 is 0 Å². The van der Waals surface area contributed by atoms with Gasteiger partial charge in [-0.25, -0.2) is 0 Å². The van der Waals surface area contributed by atoms with Crippen molar-refractivity contribution < 1.29 is 58.5 Å². The Kier molecular flexibility index (Phi) is 39.6. The van der Waals surface area contributed by atoms with Crippen molar-refractivity contribution in [1.29, 1.82) is 10.8 Å². The molecule has 0 heterocycles. The van der Waals surface area contributed by atoms with Gasteiger partial charge in [0.1, 0.15) is 42.3 Å². The first-order chi connectivity index (χ1) is 39.3. The van der Waals surface area contributed by atoms with Crippen molar-refractivity contribution in [3.8, 4) is 0 Å². The van der Waals surface area contributed by atoms with E-state index in [1.807, 2.05) is 0 Å². The van der Waals surface area contributed by atoms with Gasteiger partial charge in [0.15, 0.2) is 11.9 Å². The fourth-order valence-corrected chi connectivity index (χ4v) is 8.72. The zero-order valence-electron chi connectivity index (χ0n) is 48.2. The molecule has 0 aromatic heterocycles. The number of hydrogen-bond donors (Lipinski definition) is 18. The highest BCUT2D eigenvalue weighted by atomic mass is 16.4. The van der Waals surface area contributed by atoms with Crippen molar-refractivity contribution in [2.24, 2.45) is 17.2 Å². The Bertz CT molecular complexity index is 2110. The number of unbranched alkanes of at least 4 members (excludes halogenated alkanes) is 13. The van der Waals surface area contributed by atoms with Crippen molar-refractivity contribution >= 4 is 65.1 Å². The highest BCUT2D eigenvalue weighted by molar-refractivity contribution is 5.98. The number of benzene rings is 1. The standard InChI is InChI=1S/C55H97N15O12/c1-3-4-5-6-7-8-9-10-11-12-13-14-18-28-45(73)64-42(34-37-23-16-15-17-24-37)51(80)66-40(27-22-33-63-55(59)60)49(78)69-44(36-72)53(82)70-43(35-71)52(81)67-39(26-21-32-62-54(57)58)48(77)68-41(29-30-46(74)75)50(79)65-38(47(76)61-2)25-19-20-31-56/h15-17,23-24,38-44,71-72H,3-14,18-22,25-36,56H2,1-2H3,(H,61,76)(H,64,73)(H,65,79)(H,66,80)(H,67,81)(H,68,77)(H,69,78)(H,70,82)(H,74,75)(H4,57,58,62)(H4,59,60,63)/t38-,39-,40-,41-,42-,43-,44-/m0/s1. The number of rotatable bonds is 47. The number of carboxylic acid groups (broad SMARTS) is 1. The number of carbonyl (C=O) groups excluding carboxylic acids is 8. The molecule has 8 amide bonds. The van der Waals surface area contributed by atoms with Gasteiger partial charge in [-0.3, -0.25) is 54.0 Å². The summed E-state index contributed by atoms with van der Waals surface area (Å²) in [4.78, 5) is 121. The smallest absolute Gasteiger partial charge is 0.303 e. The maximum atomic E-state index is 14.1. The van der Waals surface area contributed by atoms with Crippen molar-refractivity contribution in [3.05, 3.63) is 35.9 Å². The van der Waals surface area contributed by atoms with Crippen molar-refractivity contribution in [3.63, 3.8) is 0 Å². The lowest BCUT2D eigenvalue weighted by Crippen LogP contribution is -2.61. The number of amides is 8. The van der Waals surface area contributed by atoms with E-state index in [0.29, 0.717) is 25.8 Å². The zero-order chi connectivity index (χ0) is 61.1. The van der Waals surface area contributed by atoms with Crippen LogP contribution in [0.3, 0.4) is 0 Å². The third-order valence-corrected chi connectivity index (χ3v) is 13.4. The van der Waals surface area contributed by atoms with Crippen LogP contribution < -0.4 is 70.4 Å². The molecule has 0 aliphatic carbocycles. The molecule has 464 valence electrons. The van der Waals surface area contributed by atoms with Crippen LogP contribution in [0.5, 0.6) is 0 Å². The van der Waals surface area contributed by atoms with Gasteiger partial charge in [0.2, 0.25) is 47.3 Å². The normalized spacial score (nSPS) is 13.5. The van der Waals surface area contributed by atoms with E-state index < -0.39 is 122 Å². The summed E-state index contributed by atoms with van der Waals surface area (Å²) in [5.41, 5.74) is 17.2. The van der Waals surface area contributed by atoms with Crippen LogP contribution in [-0.4, -0.2) is 163 Å². The van der Waals surface area contributed by atoms with Crippen LogP contribution in [0.2, 0.25) is 0 Å². The minimum Gasteiger partial charge on any atom is -0.481 e. The maximum Gasteiger partial charge on any atom is 0.303 e. The van der Waals surface area contributed by atoms with Gasteiger partial charge in [0, 0.05) is 39.4 Å². The molecule has 27 nitrogen and oxygen atoms in total. The maximum absolute atomic E-state index is 14.1. The summed E-state index contributed by atoms with van der Waals surface area (Å²) in [6, 6.07) is -1.35. The van der Waals surface area contributed by atoms with Gasteiger partial charge in [0.05, 0.1) is 13.2 Å². The Hall–Kier alpha value is -7.13. The largest absolute Gasteiger partial charge is 0.481 e. The molecular formula is C55H97N15O12. The third-order valence-electron chi connectivity index (χ3n) is 13.4. The second-order valence-corrected chi connectivity index (χ2v) is 20.3. The van der Waals surface area contributed by atoms with Gasteiger partial charge < -0.3 is 85.7 Å². The van der Waals surface area contributed by atoms with Crippen molar-refractivity contribution in [1.82, 2.24) is 53.2 Å². The molecule has 0 aliphatic rings. The van der Waals surface area contributed by atoms with Crippen LogP contribution in [0, 0.1) is 10.8 Å². The lowest BCUT2D eigenvalue weighted by molar-refractivity contribution is -0.138. The number of hydrogen-bond acceptors (Lipinski definition) is 14. The van der Waals surface area contributed by atoms with Gasteiger partial charge in [-0.05, 0) is 69.9 Å². The number of aliphatic hydroxyl groups is 2. The summed E-state index contributed by atoms with van der Waals surface area (Å²) in [6.45, 7) is 0.550. The van der Waals surface area contributed by atoms with Crippen LogP contribution in [0.4, 0.5) is 0 Å². The summed E-state index contributed by atoms with van der Waals surface area (Å²) < 4.78 is 0. The van der Waals surface area contributed by atoms with Gasteiger partial charge in [-0.2, -0.15) is 0 Å². The minimum atomic E-state index is -1.83. The molecule has 21 N–H and O–H groups in total. The van der Waals surface area contributed by atoms with E-state index in [2.05, 4.69) is 60.1 Å². The van der Waals surface area contributed by atoms with Crippen LogP contribution in [0.25, 0.3) is 0 Å². The van der Waals surface area contributed by atoms with Crippen LogP contribution in [0.1, 0.15) is 160 Å². The Balaban J connectivity index is 3.26. The number of guanidine groups is 2. The van der Waals surface area contributed by atoms with E-state index in [1.54, 1.807) is 30.3 Å². The molecule has 0 saturated carbocycles. The Morgan fingerprint density at radius 1 is 0.463 bits per heavy atom. The van der Waals surface area contributed by atoms with Gasteiger partial charge >= 0.3 is 5.97 Å². The van der Waals surface area contributed by atoms with E-state index >= 15 is 0 Å². The molecule has 1 aromatic carbocycles. The number of carboxylic acids is 1. The third kappa shape index (κ3) is 33.6. The first-order valence-corrected chi connectivity index (χ1v) is 29.0. The number of carbonyl (C=O) groups is 9. The molecular weight excluding hydrogens is 1060 g/mol. The quantitative estimate of drug-likeness (QED) is 0.0219. The number of nitrogens with one attached hydrogen (secondary N) is 12. The average Bonchev–Trinajstić information content (AvgIpc) is 3.52. The molecule has 0 radical (unpaired) electrons. The lowest BCUT2D eigenvalue weighted by atomic mass is 10.0.